The van der Waals surface area contributed by atoms with Gasteiger partial charge in [0.15, 0.2) is 0 Å². The number of carbonyl (C=O) groups is 3. The Morgan fingerprint density at radius 1 is 1.31 bits per heavy atom. The summed E-state index contributed by atoms with van der Waals surface area (Å²) in [5, 5.41) is 11.2. The smallest absolute Gasteiger partial charge is 0.407 e. The van der Waals surface area contributed by atoms with Crippen LogP contribution in [0.15, 0.2) is 0 Å². The Morgan fingerprint density at radius 2 is 1.94 bits per heavy atom. The van der Waals surface area contributed by atoms with Crippen LogP contribution in [0.4, 0.5) is 9.59 Å². The predicted molar refractivity (Wildman–Crippen MR) is 52.9 cm³/mol. The average molecular weight is 227 g/mol. The van der Waals surface area contributed by atoms with Gasteiger partial charge in [0.2, 0.25) is 5.91 Å². The van der Waals surface area contributed by atoms with Gasteiger partial charge in [0, 0.05) is 19.1 Å². The van der Waals surface area contributed by atoms with Crippen molar-refractivity contribution >= 4 is 18.0 Å². The van der Waals surface area contributed by atoms with E-state index in [1.165, 1.54) is 9.80 Å². The molecular weight excluding hydrogens is 214 g/mol. The summed E-state index contributed by atoms with van der Waals surface area (Å²) in [4.78, 5) is 36.0. The van der Waals surface area contributed by atoms with E-state index in [9.17, 15) is 14.4 Å². The van der Waals surface area contributed by atoms with Crippen LogP contribution in [0.2, 0.25) is 0 Å². The van der Waals surface area contributed by atoms with Gasteiger partial charge in [0.25, 0.3) is 0 Å². The first-order chi connectivity index (χ1) is 7.59. The first-order valence-electron chi connectivity index (χ1n) is 5.17. The molecule has 0 aromatic rings. The number of amides is 4. The van der Waals surface area contributed by atoms with E-state index in [1.54, 1.807) is 0 Å². The van der Waals surface area contributed by atoms with Gasteiger partial charge in [-0.1, -0.05) is 0 Å². The molecule has 2 saturated heterocycles. The van der Waals surface area contributed by atoms with Gasteiger partial charge in [-0.25, -0.2) is 9.59 Å². The fraction of sp³-hybridized carbons (Fsp3) is 0.667. The molecule has 2 aliphatic heterocycles. The predicted octanol–water partition coefficient (Wildman–Crippen LogP) is -0.319. The lowest BCUT2D eigenvalue weighted by molar-refractivity contribution is -0.127. The highest BCUT2D eigenvalue weighted by molar-refractivity contribution is 6.02. The van der Waals surface area contributed by atoms with Gasteiger partial charge in [-0.05, 0) is 12.8 Å². The van der Waals surface area contributed by atoms with Crippen LogP contribution < -0.4 is 5.32 Å². The van der Waals surface area contributed by atoms with Crippen LogP contribution in [0.1, 0.15) is 12.8 Å². The number of nitrogens with zero attached hydrogens (tertiary/aromatic N) is 2. The molecule has 0 aliphatic carbocycles. The van der Waals surface area contributed by atoms with Crippen molar-refractivity contribution < 1.29 is 19.5 Å². The number of nitrogens with one attached hydrogen (secondary N) is 1. The van der Waals surface area contributed by atoms with Gasteiger partial charge in [-0.2, -0.15) is 0 Å². The van der Waals surface area contributed by atoms with E-state index in [4.69, 9.17) is 5.11 Å². The molecule has 2 fully saturated rings. The lowest BCUT2D eigenvalue weighted by atomic mass is 10.0. The first-order valence-corrected chi connectivity index (χ1v) is 5.17. The molecule has 4 amide bonds. The molecule has 0 bridgehead atoms. The molecule has 2 aliphatic rings. The summed E-state index contributed by atoms with van der Waals surface area (Å²) in [6.07, 6.45) is 0.0901. The number of carbonyl (C=O) groups excluding carboxylic acids is 2. The van der Waals surface area contributed by atoms with E-state index < -0.39 is 6.09 Å². The van der Waals surface area contributed by atoms with Gasteiger partial charge in [-0.3, -0.25) is 9.69 Å². The van der Waals surface area contributed by atoms with Crippen molar-refractivity contribution in [1.82, 2.24) is 15.1 Å². The lowest BCUT2D eigenvalue weighted by Crippen LogP contribution is -2.48. The van der Waals surface area contributed by atoms with Gasteiger partial charge < -0.3 is 15.3 Å². The van der Waals surface area contributed by atoms with Crippen molar-refractivity contribution in [3.8, 4) is 0 Å². The van der Waals surface area contributed by atoms with Crippen LogP contribution in [0.3, 0.4) is 0 Å². The molecule has 88 valence electrons. The standard InChI is InChI=1S/C9H13N3O4/c13-7-5-10-8(14)12(7)6-1-3-11(4-2-6)9(15)16/h6H,1-5H2,(H,10,14)(H,15,16). The summed E-state index contributed by atoms with van der Waals surface area (Å²) in [5.41, 5.74) is 0. The Kier molecular flexibility index (Phi) is 2.67. The molecule has 16 heavy (non-hydrogen) atoms. The van der Waals surface area contributed by atoms with Crippen molar-refractivity contribution in [3.05, 3.63) is 0 Å². The molecule has 2 heterocycles. The molecule has 7 nitrogen and oxygen atoms in total. The minimum atomic E-state index is -0.948. The highest BCUT2D eigenvalue weighted by Gasteiger charge is 2.37. The van der Waals surface area contributed by atoms with E-state index in [1.807, 2.05) is 0 Å². The minimum Gasteiger partial charge on any atom is -0.465 e. The minimum absolute atomic E-state index is 0.0535. The van der Waals surface area contributed by atoms with Crippen molar-refractivity contribution in [2.75, 3.05) is 19.6 Å². The third-order valence-electron chi connectivity index (χ3n) is 2.98. The summed E-state index contributed by atoms with van der Waals surface area (Å²) in [6, 6.07) is -0.524. The summed E-state index contributed by atoms with van der Waals surface area (Å²) in [5.74, 6) is -0.223. The third-order valence-corrected chi connectivity index (χ3v) is 2.98. The molecule has 0 spiro atoms. The fourth-order valence-electron chi connectivity index (χ4n) is 2.12. The Labute approximate surface area is 92.0 Å². The normalized spacial score (nSPS) is 22.5. The third kappa shape index (κ3) is 1.80. The molecule has 2 rings (SSSR count). The topological polar surface area (TPSA) is 89.9 Å². The SMILES string of the molecule is O=C(O)N1CCC(N2C(=O)CNC2=O)CC1. The summed E-state index contributed by atoms with van der Waals surface area (Å²) in [7, 11) is 0. The van der Waals surface area contributed by atoms with Crippen molar-refractivity contribution in [2.24, 2.45) is 0 Å². The Hall–Kier alpha value is -1.79. The van der Waals surface area contributed by atoms with E-state index in [2.05, 4.69) is 5.32 Å². The van der Waals surface area contributed by atoms with Crippen LogP contribution in [-0.2, 0) is 4.79 Å². The number of imide groups is 1. The quantitative estimate of drug-likeness (QED) is 0.601. The van der Waals surface area contributed by atoms with E-state index >= 15 is 0 Å². The fourth-order valence-corrected chi connectivity index (χ4v) is 2.12. The monoisotopic (exact) mass is 227 g/mol. The van der Waals surface area contributed by atoms with Crippen molar-refractivity contribution in [1.29, 1.82) is 0 Å². The molecule has 7 heteroatoms. The summed E-state index contributed by atoms with van der Waals surface area (Å²) < 4.78 is 0. The van der Waals surface area contributed by atoms with Crippen molar-refractivity contribution in [2.45, 2.75) is 18.9 Å². The van der Waals surface area contributed by atoms with Crippen molar-refractivity contribution in [3.63, 3.8) is 0 Å². The summed E-state index contributed by atoms with van der Waals surface area (Å²) in [6.45, 7) is 0.798. The second-order valence-corrected chi connectivity index (χ2v) is 3.92. The lowest BCUT2D eigenvalue weighted by Gasteiger charge is -2.33. The zero-order valence-electron chi connectivity index (χ0n) is 8.68. The van der Waals surface area contributed by atoms with E-state index in [0.717, 1.165) is 0 Å². The highest BCUT2D eigenvalue weighted by atomic mass is 16.4. The zero-order chi connectivity index (χ0) is 11.7. The van der Waals surface area contributed by atoms with Gasteiger partial charge in [0.1, 0.15) is 0 Å². The van der Waals surface area contributed by atoms with Crippen LogP contribution in [0.25, 0.3) is 0 Å². The molecule has 2 N–H and O–H groups in total. The highest BCUT2D eigenvalue weighted by Crippen LogP contribution is 2.18. The zero-order valence-corrected chi connectivity index (χ0v) is 8.68. The summed E-state index contributed by atoms with van der Waals surface area (Å²) >= 11 is 0. The van der Waals surface area contributed by atoms with E-state index in [-0.39, 0.29) is 24.5 Å². The number of rotatable bonds is 1. The molecule has 0 aromatic heterocycles. The maximum Gasteiger partial charge on any atom is 0.407 e. The van der Waals surface area contributed by atoms with E-state index in [0.29, 0.717) is 25.9 Å². The number of carboxylic acid groups (broad SMARTS) is 1. The second kappa shape index (κ2) is 3.99. The molecule has 0 saturated carbocycles. The van der Waals surface area contributed by atoms with Gasteiger partial charge >= 0.3 is 12.1 Å². The van der Waals surface area contributed by atoms with Crippen LogP contribution in [0, 0.1) is 0 Å². The number of likely N-dealkylation sites (tertiary alicyclic amines) is 1. The number of piperidine rings is 1. The molecular formula is C9H13N3O4. The second-order valence-electron chi connectivity index (χ2n) is 3.92. The van der Waals surface area contributed by atoms with Crippen LogP contribution >= 0.6 is 0 Å². The number of hydrogen-bond acceptors (Lipinski definition) is 3. The number of urea groups is 1. The first kappa shape index (κ1) is 10.7. The molecule has 0 aromatic carbocycles. The van der Waals surface area contributed by atoms with Crippen LogP contribution in [0.5, 0.6) is 0 Å². The van der Waals surface area contributed by atoms with Crippen LogP contribution in [-0.4, -0.2) is 58.6 Å². The van der Waals surface area contributed by atoms with Gasteiger partial charge in [0.05, 0.1) is 6.54 Å². The molecule has 0 unspecified atom stereocenters. The molecule has 0 radical (unpaired) electrons. The van der Waals surface area contributed by atoms with Gasteiger partial charge in [-0.15, -0.1) is 0 Å². The maximum absolute atomic E-state index is 11.4. The molecule has 0 atom stereocenters. The Balaban J connectivity index is 1.96. The Morgan fingerprint density at radius 3 is 2.38 bits per heavy atom. The average Bonchev–Trinajstić information content (AvgIpc) is 2.59. The maximum atomic E-state index is 11.4. The number of hydrogen-bond donors (Lipinski definition) is 2. The largest absolute Gasteiger partial charge is 0.465 e. The Bertz CT molecular complexity index is 320.